The number of aromatic nitrogens is 2. The molecule has 5 heteroatoms. The van der Waals surface area contributed by atoms with Gasteiger partial charge in [-0.1, -0.05) is 25.3 Å². The highest BCUT2D eigenvalue weighted by Crippen LogP contribution is 2.41. The lowest BCUT2D eigenvalue weighted by Gasteiger charge is -2.47. The number of aromatic amines is 1. The van der Waals surface area contributed by atoms with E-state index in [4.69, 9.17) is 4.98 Å². The molecule has 0 bridgehead atoms. The Morgan fingerprint density at radius 1 is 1.12 bits per heavy atom. The number of H-pyrrole nitrogens is 1. The van der Waals surface area contributed by atoms with Gasteiger partial charge < -0.3 is 10.3 Å². The van der Waals surface area contributed by atoms with Gasteiger partial charge in [0.15, 0.2) is 0 Å². The zero-order valence-electron chi connectivity index (χ0n) is 20.5. The third-order valence-electron chi connectivity index (χ3n) is 8.83. The zero-order chi connectivity index (χ0) is 23.3. The monoisotopic (exact) mass is 456 g/mol. The lowest BCUT2D eigenvalue weighted by Crippen LogP contribution is -2.56. The first-order chi connectivity index (χ1) is 16.5. The van der Waals surface area contributed by atoms with E-state index >= 15 is 0 Å². The van der Waals surface area contributed by atoms with Crippen LogP contribution in [-0.2, 0) is 17.8 Å². The summed E-state index contributed by atoms with van der Waals surface area (Å²) in [4.78, 5) is 23.5. The topological polar surface area (TPSA) is 61.0 Å². The molecule has 2 fully saturated rings. The van der Waals surface area contributed by atoms with Crippen LogP contribution in [0.5, 0.6) is 0 Å². The molecule has 1 atom stereocenters. The number of benzene rings is 1. The van der Waals surface area contributed by atoms with Crippen molar-refractivity contribution >= 4 is 16.8 Å². The van der Waals surface area contributed by atoms with Gasteiger partial charge in [-0.15, -0.1) is 0 Å². The number of hydrogen-bond acceptors (Lipinski definition) is 4. The van der Waals surface area contributed by atoms with Crippen molar-refractivity contribution in [2.24, 2.45) is 0 Å². The quantitative estimate of drug-likeness (QED) is 0.535. The van der Waals surface area contributed by atoms with Crippen molar-refractivity contribution < 1.29 is 4.79 Å². The maximum atomic E-state index is 13.0. The molecule has 0 radical (unpaired) electrons. The molecule has 1 saturated heterocycles. The SMILES string of the molecule is CC(=O)C1(N2CCc3cc(-c4cnc5[nH]cc(C)c5c4)cc([C@@H]4CCCN4)c3C2)CCCCC1. The molecule has 3 aromatic rings. The first-order valence-electron chi connectivity index (χ1n) is 13.1. The van der Waals surface area contributed by atoms with E-state index in [2.05, 4.69) is 40.3 Å². The van der Waals surface area contributed by atoms with E-state index in [1.165, 1.54) is 70.9 Å². The summed E-state index contributed by atoms with van der Waals surface area (Å²) in [5.74, 6) is 0.370. The second-order valence-corrected chi connectivity index (χ2v) is 10.8. The van der Waals surface area contributed by atoms with Gasteiger partial charge in [0.05, 0.1) is 5.54 Å². The largest absolute Gasteiger partial charge is 0.346 e. The number of pyridine rings is 1. The van der Waals surface area contributed by atoms with Gasteiger partial charge in [-0.05, 0) is 92.4 Å². The van der Waals surface area contributed by atoms with Gasteiger partial charge in [0.25, 0.3) is 0 Å². The van der Waals surface area contributed by atoms with Crippen LogP contribution in [0.1, 0.15) is 80.2 Å². The highest BCUT2D eigenvalue weighted by atomic mass is 16.1. The molecule has 0 unspecified atom stereocenters. The van der Waals surface area contributed by atoms with Crippen LogP contribution in [0.2, 0.25) is 0 Å². The Bertz CT molecular complexity index is 1230. The minimum atomic E-state index is -0.254. The molecule has 1 aliphatic carbocycles. The fourth-order valence-electron chi connectivity index (χ4n) is 6.81. The summed E-state index contributed by atoms with van der Waals surface area (Å²) >= 11 is 0. The summed E-state index contributed by atoms with van der Waals surface area (Å²) in [5.41, 5.74) is 8.75. The molecule has 0 spiro atoms. The lowest BCUT2D eigenvalue weighted by molar-refractivity contribution is -0.132. The smallest absolute Gasteiger partial charge is 0.150 e. The normalized spacial score (nSPS) is 22.7. The van der Waals surface area contributed by atoms with Gasteiger partial charge >= 0.3 is 0 Å². The van der Waals surface area contributed by atoms with E-state index in [1.54, 1.807) is 0 Å². The number of carbonyl (C=O) groups excluding carboxylic acids is 1. The first kappa shape index (κ1) is 22.0. The van der Waals surface area contributed by atoms with Crippen molar-refractivity contribution in [3.05, 3.63) is 52.8 Å². The Kier molecular flexibility index (Phi) is 5.57. The molecule has 3 aliphatic rings. The number of carbonyl (C=O) groups is 1. The van der Waals surface area contributed by atoms with Crippen molar-refractivity contribution in [3.8, 4) is 11.1 Å². The van der Waals surface area contributed by atoms with Crippen LogP contribution < -0.4 is 5.32 Å². The van der Waals surface area contributed by atoms with E-state index in [0.29, 0.717) is 11.8 Å². The van der Waals surface area contributed by atoms with Crippen LogP contribution in [0.3, 0.4) is 0 Å². The van der Waals surface area contributed by atoms with Crippen LogP contribution in [0, 0.1) is 6.92 Å². The second kappa shape index (κ2) is 8.62. The Hall–Kier alpha value is -2.50. The minimum absolute atomic E-state index is 0.254. The number of ketones is 1. The molecule has 4 heterocycles. The summed E-state index contributed by atoms with van der Waals surface area (Å²) < 4.78 is 0. The molecular weight excluding hydrogens is 420 g/mol. The summed E-state index contributed by atoms with van der Waals surface area (Å²) in [6.45, 7) is 6.92. The van der Waals surface area contributed by atoms with E-state index < -0.39 is 0 Å². The van der Waals surface area contributed by atoms with Gasteiger partial charge in [0.1, 0.15) is 11.4 Å². The number of aryl methyl sites for hydroxylation is 1. The summed E-state index contributed by atoms with van der Waals surface area (Å²) in [6.07, 6.45) is 13.1. The Labute approximate surface area is 202 Å². The van der Waals surface area contributed by atoms with Crippen LogP contribution in [0.15, 0.2) is 30.6 Å². The van der Waals surface area contributed by atoms with Gasteiger partial charge in [0.2, 0.25) is 0 Å². The minimum Gasteiger partial charge on any atom is -0.346 e. The van der Waals surface area contributed by atoms with Gasteiger partial charge in [0, 0.05) is 42.5 Å². The predicted octanol–water partition coefficient (Wildman–Crippen LogP) is 5.61. The number of Topliss-reactive ketones (excluding diaryl/α,β-unsaturated/α-hetero) is 1. The average molecular weight is 457 g/mol. The third kappa shape index (κ3) is 3.61. The maximum Gasteiger partial charge on any atom is 0.150 e. The highest BCUT2D eigenvalue weighted by molar-refractivity contribution is 5.86. The number of hydrogen-bond donors (Lipinski definition) is 2. The summed E-state index contributed by atoms with van der Waals surface area (Å²) in [7, 11) is 0. The second-order valence-electron chi connectivity index (χ2n) is 10.8. The van der Waals surface area contributed by atoms with Crippen molar-refractivity contribution in [1.29, 1.82) is 0 Å². The molecule has 1 aromatic carbocycles. The van der Waals surface area contributed by atoms with Crippen molar-refractivity contribution in [1.82, 2.24) is 20.2 Å². The molecule has 1 saturated carbocycles. The van der Waals surface area contributed by atoms with Gasteiger partial charge in [-0.3, -0.25) is 9.69 Å². The van der Waals surface area contributed by atoms with Crippen LogP contribution in [-0.4, -0.2) is 39.3 Å². The van der Waals surface area contributed by atoms with E-state index in [-0.39, 0.29) is 5.54 Å². The zero-order valence-corrected chi connectivity index (χ0v) is 20.5. The molecule has 2 aliphatic heterocycles. The van der Waals surface area contributed by atoms with Crippen molar-refractivity contribution in [2.75, 3.05) is 13.1 Å². The van der Waals surface area contributed by atoms with E-state index in [1.807, 2.05) is 19.3 Å². The Morgan fingerprint density at radius 2 is 1.97 bits per heavy atom. The third-order valence-corrected chi connectivity index (χ3v) is 8.83. The average Bonchev–Trinajstić information content (AvgIpc) is 3.53. The number of rotatable bonds is 4. The van der Waals surface area contributed by atoms with Gasteiger partial charge in [-0.25, -0.2) is 4.98 Å². The van der Waals surface area contributed by atoms with Gasteiger partial charge in [-0.2, -0.15) is 0 Å². The molecule has 2 aromatic heterocycles. The molecule has 2 N–H and O–H groups in total. The van der Waals surface area contributed by atoms with Crippen molar-refractivity contribution in [3.63, 3.8) is 0 Å². The summed E-state index contributed by atoms with van der Waals surface area (Å²) in [6, 6.07) is 7.50. The van der Waals surface area contributed by atoms with E-state index in [0.717, 1.165) is 44.5 Å². The Balaban J connectivity index is 1.42. The number of fused-ring (bicyclic) bond motifs is 2. The number of nitrogens with zero attached hydrogens (tertiary/aromatic N) is 2. The molecule has 6 rings (SSSR count). The molecule has 5 nitrogen and oxygen atoms in total. The molecule has 178 valence electrons. The standard InChI is InChI=1S/C29H36N4O/c1-19-16-31-28-24(19)15-23(17-32-28)22-13-21-8-12-33(29(20(2)34)9-4-3-5-10-29)18-26(21)25(14-22)27-7-6-11-30-27/h13-17,27,30H,3-12,18H2,1-2H3,(H,31,32)/t27-/m0/s1. The predicted molar refractivity (Wildman–Crippen MR) is 137 cm³/mol. The fourth-order valence-corrected chi connectivity index (χ4v) is 6.81. The van der Waals surface area contributed by atoms with Crippen molar-refractivity contribution in [2.45, 2.75) is 83.3 Å². The summed E-state index contributed by atoms with van der Waals surface area (Å²) in [5, 5.41) is 4.95. The lowest BCUT2D eigenvalue weighted by atomic mass is 9.75. The van der Waals surface area contributed by atoms with Crippen LogP contribution >= 0.6 is 0 Å². The fraction of sp³-hybridized carbons (Fsp3) is 0.517. The van der Waals surface area contributed by atoms with Crippen LogP contribution in [0.25, 0.3) is 22.2 Å². The molecule has 34 heavy (non-hydrogen) atoms. The highest BCUT2D eigenvalue weighted by Gasteiger charge is 2.43. The first-order valence-corrected chi connectivity index (χ1v) is 13.1. The van der Waals surface area contributed by atoms with Crippen LogP contribution in [0.4, 0.5) is 0 Å². The Morgan fingerprint density at radius 3 is 2.74 bits per heavy atom. The molecule has 0 amide bonds. The maximum absolute atomic E-state index is 13.0. The van der Waals surface area contributed by atoms with E-state index in [9.17, 15) is 4.79 Å². The number of nitrogens with one attached hydrogen (secondary N) is 2. The molecular formula is C29H36N4O.